The van der Waals surface area contributed by atoms with Crippen molar-refractivity contribution in [2.45, 2.75) is 20.3 Å². The lowest BCUT2D eigenvalue weighted by Crippen LogP contribution is -2.25. The van der Waals surface area contributed by atoms with Crippen LogP contribution in [0.1, 0.15) is 36.3 Å². The maximum atomic E-state index is 12.0. The molecule has 0 unspecified atom stereocenters. The molecule has 0 aliphatic heterocycles. The van der Waals surface area contributed by atoms with Gasteiger partial charge in [0.05, 0.1) is 16.3 Å². The van der Waals surface area contributed by atoms with Crippen molar-refractivity contribution in [1.82, 2.24) is 10.3 Å². The van der Waals surface area contributed by atoms with Crippen molar-refractivity contribution >= 4 is 23.2 Å². The number of carbonyl (C=O) groups is 2. The lowest BCUT2D eigenvalue weighted by atomic mass is 10.1. The van der Waals surface area contributed by atoms with Crippen LogP contribution in [-0.4, -0.2) is 28.5 Å². The molecule has 0 bridgehead atoms. The molecule has 1 amide bonds. The summed E-state index contributed by atoms with van der Waals surface area (Å²) in [5.74, 6) is -1.31. The van der Waals surface area contributed by atoms with Gasteiger partial charge in [-0.15, -0.1) is 11.3 Å². The number of hydrogen-bond acceptors (Lipinski definition) is 4. The smallest absolute Gasteiger partial charge is 0.335 e. The number of carboxylic acid groups (broad SMARTS) is 1. The fraction of sp³-hybridized carbons (Fsp3) is 0.267. The Bertz CT molecular complexity index is 679. The summed E-state index contributed by atoms with van der Waals surface area (Å²) in [6.45, 7) is 4.41. The van der Waals surface area contributed by atoms with Crippen LogP contribution >= 0.6 is 11.3 Å². The molecule has 1 heterocycles. The van der Waals surface area contributed by atoms with Gasteiger partial charge >= 0.3 is 5.97 Å². The average molecular weight is 304 g/mol. The first-order valence-electron chi connectivity index (χ1n) is 6.52. The Balaban J connectivity index is 1.94. The van der Waals surface area contributed by atoms with Crippen LogP contribution in [0, 0.1) is 13.8 Å². The van der Waals surface area contributed by atoms with Crippen LogP contribution in [0.2, 0.25) is 0 Å². The van der Waals surface area contributed by atoms with E-state index < -0.39 is 5.97 Å². The first kappa shape index (κ1) is 15.2. The minimum atomic E-state index is -1.04. The molecule has 0 fully saturated rings. The number of hydrogen-bond donors (Lipinski definition) is 2. The Kier molecular flexibility index (Phi) is 4.70. The Hall–Kier alpha value is -2.21. The summed E-state index contributed by atoms with van der Waals surface area (Å²) in [7, 11) is 0. The van der Waals surface area contributed by atoms with Gasteiger partial charge in [0.15, 0.2) is 0 Å². The zero-order valence-corrected chi connectivity index (χ0v) is 12.7. The quantitative estimate of drug-likeness (QED) is 0.889. The van der Waals surface area contributed by atoms with Crippen LogP contribution in [-0.2, 0) is 6.42 Å². The van der Waals surface area contributed by atoms with Gasteiger partial charge in [-0.1, -0.05) is 6.07 Å². The van der Waals surface area contributed by atoms with E-state index in [1.807, 2.05) is 13.8 Å². The fourth-order valence-corrected chi connectivity index (χ4v) is 2.93. The molecule has 1 aromatic carbocycles. The molecule has 0 spiro atoms. The normalized spacial score (nSPS) is 10.4. The van der Waals surface area contributed by atoms with Gasteiger partial charge in [0.25, 0.3) is 5.91 Å². The number of aromatic carboxylic acids is 1. The molecular weight excluding hydrogens is 288 g/mol. The van der Waals surface area contributed by atoms with Crippen molar-refractivity contribution < 1.29 is 14.7 Å². The van der Waals surface area contributed by atoms with Gasteiger partial charge in [0.2, 0.25) is 0 Å². The van der Waals surface area contributed by atoms with Gasteiger partial charge in [-0.3, -0.25) is 4.79 Å². The minimum absolute atomic E-state index is 0.108. The minimum Gasteiger partial charge on any atom is -0.478 e. The molecule has 6 heteroatoms. The van der Waals surface area contributed by atoms with Crippen LogP contribution in [0.15, 0.2) is 24.3 Å². The third kappa shape index (κ3) is 3.88. The van der Waals surface area contributed by atoms with Crippen LogP contribution in [0.3, 0.4) is 0 Å². The molecule has 2 rings (SSSR count). The number of nitrogens with one attached hydrogen (secondary N) is 1. The van der Waals surface area contributed by atoms with Crippen molar-refractivity contribution in [3.63, 3.8) is 0 Å². The van der Waals surface area contributed by atoms with E-state index in [4.69, 9.17) is 5.11 Å². The molecule has 110 valence electrons. The molecule has 0 saturated heterocycles. The average Bonchev–Trinajstić information content (AvgIpc) is 2.77. The molecule has 21 heavy (non-hydrogen) atoms. The van der Waals surface area contributed by atoms with Crippen molar-refractivity contribution in [1.29, 1.82) is 0 Å². The number of rotatable bonds is 5. The molecule has 5 nitrogen and oxygen atoms in total. The topological polar surface area (TPSA) is 79.3 Å². The van der Waals surface area contributed by atoms with Crippen LogP contribution < -0.4 is 5.32 Å². The molecule has 0 radical (unpaired) electrons. The summed E-state index contributed by atoms with van der Waals surface area (Å²) in [6, 6.07) is 6.00. The van der Waals surface area contributed by atoms with Crippen LogP contribution in [0.5, 0.6) is 0 Å². The first-order chi connectivity index (χ1) is 9.97. The van der Waals surface area contributed by atoms with Crippen molar-refractivity contribution in [3.05, 3.63) is 51.0 Å². The lowest BCUT2D eigenvalue weighted by Gasteiger charge is -2.05. The monoisotopic (exact) mass is 304 g/mol. The standard InChI is InChI=1S/C15H16N2O3S/c1-9-13(21-10(2)17-9)6-7-16-14(18)11-4-3-5-12(8-11)15(19)20/h3-5,8H,6-7H2,1-2H3,(H,16,18)(H,19,20). The largest absolute Gasteiger partial charge is 0.478 e. The SMILES string of the molecule is Cc1nc(C)c(CCNC(=O)c2cccc(C(=O)O)c2)s1. The molecular formula is C15H16N2O3S. The summed E-state index contributed by atoms with van der Waals surface area (Å²) in [4.78, 5) is 28.4. The van der Waals surface area contributed by atoms with E-state index in [0.29, 0.717) is 12.1 Å². The van der Waals surface area contributed by atoms with Gasteiger partial charge in [-0.2, -0.15) is 0 Å². The molecule has 0 aliphatic carbocycles. The highest BCUT2D eigenvalue weighted by Gasteiger charge is 2.10. The molecule has 0 aliphatic rings. The van der Waals surface area contributed by atoms with Crippen molar-refractivity contribution in [2.75, 3.05) is 6.54 Å². The third-order valence-corrected chi connectivity index (χ3v) is 4.14. The second-order valence-corrected chi connectivity index (χ2v) is 5.92. The molecule has 2 aromatic rings. The Morgan fingerprint density at radius 2 is 2.00 bits per heavy atom. The third-order valence-electron chi connectivity index (χ3n) is 3.01. The number of nitrogens with zero attached hydrogens (tertiary/aromatic N) is 1. The van der Waals surface area contributed by atoms with E-state index >= 15 is 0 Å². The number of thiazole rings is 1. The van der Waals surface area contributed by atoms with E-state index in [1.54, 1.807) is 23.5 Å². The number of carboxylic acids is 1. The second kappa shape index (κ2) is 6.49. The summed E-state index contributed by atoms with van der Waals surface area (Å²) in [5, 5.41) is 12.7. The van der Waals surface area contributed by atoms with E-state index in [-0.39, 0.29) is 11.5 Å². The summed E-state index contributed by atoms with van der Waals surface area (Å²) >= 11 is 1.63. The number of benzene rings is 1. The second-order valence-electron chi connectivity index (χ2n) is 4.63. The van der Waals surface area contributed by atoms with Crippen LogP contribution in [0.4, 0.5) is 0 Å². The maximum Gasteiger partial charge on any atom is 0.335 e. The van der Waals surface area contributed by atoms with E-state index in [2.05, 4.69) is 10.3 Å². The molecule has 2 N–H and O–H groups in total. The zero-order valence-electron chi connectivity index (χ0n) is 11.8. The highest BCUT2D eigenvalue weighted by molar-refractivity contribution is 7.11. The van der Waals surface area contributed by atoms with Gasteiger partial charge in [0, 0.05) is 23.4 Å². The van der Waals surface area contributed by atoms with Crippen LogP contribution in [0.25, 0.3) is 0 Å². The summed E-state index contributed by atoms with van der Waals surface area (Å²) in [5.41, 5.74) is 1.46. The number of amides is 1. The molecule has 1 aromatic heterocycles. The number of aromatic nitrogens is 1. The first-order valence-corrected chi connectivity index (χ1v) is 7.33. The lowest BCUT2D eigenvalue weighted by molar-refractivity contribution is 0.0697. The Morgan fingerprint density at radius 3 is 2.62 bits per heavy atom. The number of carbonyl (C=O) groups excluding carboxylic acids is 1. The maximum absolute atomic E-state index is 12.0. The predicted octanol–water partition coefficient (Wildman–Crippen LogP) is 2.43. The Labute approximate surface area is 126 Å². The van der Waals surface area contributed by atoms with Gasteiger partial charge in [-0.25, -0.2) is 9.78 Å². The summed E-state index contributed by atoms with van der Waals surface area (Å²) < 4.78 is 0. The molecule has 0 saturated carbocycles. The van der Waals surface area contributed by atoms with E-state index in [9.17, 15) is 9.59 Å². The van der Waals surface area contributed by atoms with E-state index in [1.165, 1.54) is 12.1 Å². The Morgan fingerprint density at radius 1 is 1.29 bits per heavy atom. The predicted molar refractivity (Wildman–Crippen MR) is 81.0 cm³/mol. The van der Waals surface area contributed by atoms with Crippen molar-refractivity contribution in [2.24, 2.45) is 0 Å². The number of aryl methyl sites for hydroxylation is 2. The van der Waals surface area contributed by atoms with E-state index in [0.717, 1.165) is 22.0 Å². The fourth-order valence-electron chi connectivity index (χ4n) is 1.99. The van der Waals surface area contributed by atoms with Gasteiger partial charge in [0.1, 0.15) is 0 Å². The van der Waals surface area contributed by atoms with Gasteiger partial charge < -0.3 is 10.4 Å². The molecule has 0 atom stereocenters. The van der Waals surface area contributed by atoms with Crippen molar-refractivity contribution in [3.8, 4) is 0 Å². The highest BCUT2D eigenvalue weighted by atomic mass is 32.1. The zero-order chi connectivity index (χ0) is 15.4. The highest BCUT2D eigenvalue weighted by Crippen LogP contribution is 2.17. The summed E-state index contributed by atoms with van der Waals surface area (Å²) in [6.07, 6.45) is 0.724. The van der Waals surface area contributed by atoms with Gasteiger partial charge in [-0.05, 0) is 32.0 Å².